The summed E-state index contributed by atoms with van der Waals surface area (Å²) in [6, 6.07) is 23.5. The van der Waals surface area contributed by atoms with Gasteiger partial charge in [0.25, 0.3) is 5.91 Å². The molecule has 0 atom stereocenters. The number of halogens is 1. The minimum Gasteiger partial charge on any atom is -0.484 e. The number of nitrogens with one attached hydrogen (secondary N) is 1. The van der Waals surface area contributed by atoms with Crippen molar-refractivity contribution in [3.05, 3.63) is 83.9 Å². The summed E-state index contributed by atoms with van der Waals surface area (Å²) >= 11 is 5.81. The van der Waals surface area contributed by atoms with E-state index in [1.165, 1.54) is 0 Å². The Kier molecular flexibility index (Phi) is 5.54. The fourth-order valence-corrected chi connectivity index (χ4v) is 2.26. The number of carbonyl (C=O) groups is 1. The second-order valence-corrected chi connectivity index (χ2v) is 5.67. The van der Waals surface area contributed by atoms with Gasteiger partial charge in [0, 0.05) is 16.8 Å². The summed E-state index contributed by atoms with van der Waals surface area (Å²) in [5, 5.41) is 3.36. The fourth-order valence-electron chi connectivity index (χ4n) is 2.13. The SMILES string of the molecule is O=C(COc1cccc(Oc2ccccc2)c1)Nc1ccc(Cl)cc1. The van der Waals surface area contributed by atoms with Crippen LogP contribution >= 0.6 is 11.6 Å². The maximum atomic E-state index is 11.9. The van der Waals surface area contributed by atoms with Gasteiger partial charge in [-0.1, -0.05) is 35.9 Å². The van der Waals surface area contributed by atoms with Crippen LogP contribution in [0.5, 0.6) is 17.2 Å². The Morgan fingerprint density at radius 1 is 0.840 bits per heavy atom. The first kappa shape index (κ1) is 16.9. The second-order valence-electron chi connectivity index (χ2n) is 5.23. The molecule has 5 heteroatoms. The van der Waals surface area contributed by atoms with Gasteiger partial charge < -0.3 is 14.8 Å². The summed E-state index contributed by atoms with van der Waals surface area (Å²) in [4.78, 5) is 11.9. The quantitative estimate of drug-likeness (QED) is 0.666. The Bertz CT molecular complexity index is 835. The number of carbonyl (C=O) groups excluding carboxylic acids is 1. The molecule has 0 aromatic heterocycles. The minimum absolute atomic E-state index is 0.0998. The molecule has 0 heterocycles. The third-order valence-electron chi connectivity index (χ3n) is 3.28. The van der Waals surface area contributed by atoms with Gasteiger partial charge in [0.05, 0.1) is 0 Å². The van der Waals surface area contributed by atoms with E-state index in [4.69, 9.17) is 21.1 Å². The molecule has 3 aromatic carbocycles. The predicted molar refractivity (Wildman–Crippen MR) is 98.5 cm³/mol. The van der Waals surface area contributed by atoms with Gasteiger partial charge >= 0.3 is 0 Å². The van der Waals surface area contributed by atoms with E-state index < -0.39 is 0 Å². The van der Waals surface area contributed by atoms with Crippen molar-refractivity contribution in [2.24, 2.45) is 0 Å². The molecular formula is C20H16ClNO3. The molecular weight excluding hydrogens is 338 g/mol. The normalized spacial score (nSPS) is 10.1. The highest BCUT2D eigenvalue weighted by atomic mass is 35.5. The smallest absolute Gasteiger partial charge is 0.262 e. The van der Waals surface area contributed by atoms with Gasteiger partial charge in [0.1, 0.15) is 17.2 Å². The standard InChI is InChI=1S/C20H16ClNO3/c21-15-9-11-16(12-10-15)22-20(23)14-24-18-7-4-8-19(13-18)25-17-5-2-1-3-6-17/h1-13H,14H2,(H,22,23). The van der Waals surface area contributed by atoms with E-state index in [2.05, 4.69) is 5.32 Å². The van der Waals surface area contributed by atoms with Crippen molar-refractivity contribution in [2.45, 2.75) is 0 Å². The van der Waals surface area contributed by atoms with Crippen LogP contribution in [0.2, 0.25) is 5.02 Å². The van der Waals surface area contributed by atoms with Crippen LogP contribution in [0.4, 0.5) is 5.69 Å². The molecule has 0 saturated heterocycles. The van der Waals surface area contributed by atoms with Gasteiger partial charge in [0.2, 0.25) is 0 Å². The van der Waals surface area contributed by atoms with Crippen molar-refractivity contribution in [3.8, 4) is 17.2 Å². The third kappa shape index (κ3) is 5.26. The molecule has 0 aliphatic carbocycles. The number of anilines is 1. The number of hydrogen-bond donors (Lipinski definition) is 1. The van der Waals surface area contributed by atoms with E-state index in [0.717, 1.165) is 5.75 Å². The van der Waals surface area contributed by atoms with Gasteiger partial charge in [-0.15, -0.1) is 0 Å². The molecule has 3 aromatic rings. The van der Waals surface area contributed by atoms with Crippen LogP contribution in [0.1, 0.15) is 0 Å². The highest BCUT2D eigenvalue weighted by molar-refractivity contribution is 6.30. The highest BCUT2D eigenvalue weighted by Crippen LogP contribution is 2.25. The Labute approximate surface area is 151 Å². The Morgan fingerprint density at radius 3 is 2.28 bits per heavy atom. The summed E-state index contributed by atoms with van der Waals surface area (Å²) in [6.07, 6.45) is 0. The molecule has 0 aliphatic rings. The van der Waals surface area contributed by atoms with Gasteiger partial charge in [-0.3, -0.25) is 4.79 Å². The first-order valence-corrected chi connectivity index (χ1v) is 8.08. The van der Waals surface area contributed by atoms with Crippen LogP contribution in [0.15, 0.2) is 78.9 Å². The zero-order chi connectivity index (χ0) is 17.5. The van der Waals surface area contributed by atoms with E-state index in [-0.39, 0.29) is 12.5 Å². The van der Waals surface area contributed by atoms with Crippen LogP contribution in [-0.4, -0.2) is 12.5 Å². The minimum atomic E-state index is -0.253. The van der Waals surface area contributed by atoms with Gasteiger partial charge in [-0.25, -0.2) is 0 Å². The molecule has 0 bridgehead atoms. The van der Waals surface area contributed by atoms with E-state index in [9.17, 15) is 4.79 Å². The summed E-state index contributed by atoms with van der Waals surface area (Å²) in [6.45, 7) is -0.0998. The van der Waals surface area contributed by atoms with E-state index in [0.29, 0.717) is 22.2 Å². The Hall–Kier alpha value is -2.98. The topological polar surface area (TPSA) is 47.6 Å². The molecule has 0 saturated carbocycles. The lowest BCUT2D eigenvalue weighted by Gasteiger charge is -2.10. The van der Waals surface area contributed by atoms with Crippen LogP contribution in [0, 0.1) is 0 Å². The van der Waals surface area contributed by atoms with E-state index >= 15 is 0 Å². The summed E-state index contributed by atoms with van der Waals surface area (Å²) in [7, 11) is 0. The first-order chi connectivity index (χ1) is 12.2. The lowest BCUT2D eigenvalue weighted by atomic mass is 10.3. The number of hydrogen-bond acceptors (Lipinski definition) is 3. The molecule has 0 fully saturated rings. The van der Waals surface area contributed by atoms with Crippen LogP contribution < -0.4 is 14.8 Å². The maximum absolute atomic E-state index is 11.9. The lowest BCUT2D eigenvalue weighted by Crippen LogP contribution is -2.20. The number of para-hydroxylation sites is 1. The van der Waals surface area contributed by atoms with Crippen molar-refractivity contribution in [3.63, 3.8) is 0 Å². The van der Waals surface area contributed by atoms with Gasteiger partial charge in [0.15, 0.2) is 6.61 Å². The molecule has 3 rings (SSSR count). The molecule has 0 radical (unpaired) electrons. The number of rotatable bonds is 6. The molecule has 0 unspecified atom stereocenters. The molecule has 0 aliphatic heterocycles. The van der Waals surface area contributed by atoms with Crippen molar-refractivity contribution in [1.82, 2.24) is 0 Å². The molecule has 126 valence electrons. The lowest BCUT2D eigenvalue weighted by molar-refractivity contribution is -0.118. The molecule has 25 heavy (non-hydrogen) atoms. The third-order valence-corrected chi connectivity index (χ3v) is 3.53. The zero-order valence-electron chi connectivity index (χ0n) is 13.3. The van der Waals surface area contributed by atoms with Crippen molar-refractivity contribution < 1.29 is 14.3 Å². The monoisotopic (exact) mass is 353 g/mol. The summed E-state index contributed by atoms with van der Waals surface area (Å²) in [5.74, 6) is 1.68. The molecule has 1 amide bonds. The second kappa shape index (κ2) is 8.22. The van der Waals surface area contributed by atoms with Crippen LogP contribution in [-0.2, 0) is 4.79 Å². The summed E-state index contributed by atoms with van der Waals surface area (Å²) < 4.78 is 11.3. The zero-order valence-corrected chi connectivity index (χ0v) is 14.1. The van der Waals surface area contributed by atoms with Crippen LogP contribution in [0.3, 0.4) is 0 Å². The number of amides is 1. The van der Waals surface area contributed by atoms with Gasteiger partial charge in [-0.2, -0.15) is 0 Å². The highest BCUT2D eigenvalue weighted by Gasteiger charge is 2.05. The predicted octanol–water partition coefficient (Wildman–Crippen LogP) is 5.15. The maximum Gasteiger partial charge on any atom is 0.262 e. The van der Waals surface area contributed by atoms with Crippen molar-refractivity contribution in [2.75, 3.05) is 11.9 Å². The van der Waals surface area contributed by atoms with Crippen molar-refractivity contribution in [1.29, 1.82) is 0 Å². The average Bonchev–Trinajstić information content (AvgIpc) is 2.63. The molecule has 0 spiro atoms. The van der Waals surface area contributed by atoms with E-state index in [1.807, 2.05) is 42.5 Å². The van der Waals surface area contributed by atoms with Gasteiger partial charge in [-0.05, 0) is 48.5 Å². The molecule has 1 N–H and O–H groups in total. The number of ether oxygens (including phenoxy) is 2. The largest absolute Gasteiger partial charge is 0.484 e. The summed E-state index contributed by atoms with van der Waals surface area (Å²) in [5.41, 5.74) is 0.666. The molecule has 4 nitrogen and oxygen atoms in total. The van der Waals surface area contributed by atoms with Crippen molar-refractivity contribution >= 4 is 23.2 Å². The first-order valence-electron chi connectivity index (χ1n) is 7.70. The fraction of sp³-hybridized carbons (Fsp3) is 0.0500. The Balaban J connectivity index is 1.55. The number of benzene rings is 3. The Morgan fingerprint density at radius 2 is 1.52 bits per heavy atom. The van der Waals surface area contributed by atoms with Crippen LogP contribution in [0.25, 0.3) is 0 Å². The average molecular weight is 354 g/mol. The van der Waals surface area contributed by atoms with E-state index in [1.54, 1.807) is 36.4 Å².